The second-order valence-electron chi connectivity index (χ2n) is 27.1. The van der Waals surface area contributed by atoms with Crippen LogP contribution in [0.1, 0.15) is 102 Å². The van der Waals surface area contributed by atoms with Crippen LogP contribution in [0.4, 0.5) is 0 Å². The van der Waals surface area contributed by atoms with Crippen LogP contribution in [0.3, 0.4) is 0 Å². The monoisotopic (exact) mass is 1710 g/mol. The van der Waals surface area contributed by atoms with Gasteiger partial charge >= 0.3 is 0 Å². The first-order chi connectivity index (χ1) is 57.5. The quantitative estimate of drug-likeness (QED) is 0.0762. The molecule has 0 fully saturated rings. The van der Waals surface area contributed by atoms with Crippen LogP contribution in [0.25, 0.3) is 0 Å². The predicted octanol–water partition coefficient (Wildman–Crippen LogP) is 19.9. The van der Waals surface area contributed by atoms with Crippen LogP contribution in [0.5, 0.6) is 69.0 Å². The Labute approximate surface area is 722 Å². The molecule has 12 aromatic carbocycles. The number of nitrogens with two attached hydrogens (primary N) is 4. The van der Waals surface area contributed by atoms with E-state index >= 15 is 0 Å². The molecule has 16 nitrogen and oxygen atoms in total. The number of alkyl halides is 6. The van der Waals surface area contributed by atoms with E-state index in [1.807, 2.05) is 267 Å². The van der Waals surface area contributed by atoms with Crippen LogP contribution in [-0.2, 0) is 51.4 Å². The fourth-order valence-electron chi connectivity index (χ4n) is 13.1. The zero-order valence-corrected chi connectivity index (χ0v) is 70.3. The molecule has 2 aliphatic heterocycles. The number of ether oxygens (including phenoxy) is 8. The van der Waals surface area contributed by atoms with Gasteiger partial charge in [0.2, 0.25) is 0 Å². The molecule has 0 spiro atoms. The van der Waals surface area contributed by atoms with Gasteiger partial charge in [0.25, 0.3) is 0 Å². The van der Waals surface area contributed by atoms with Gasteiger partial charge in [-0.2, -0.15) is 0 Å². The number of benzene rings is 12. The molecule has 118 heavy (non-hydrogen) atoms. The molecule has 12 aromatic rings. The summed E-state index contributed by atoms with van der Waals surface area (Å²) >= 11 is 28.8. The third-order valence-corrected chi connectivity index (χ3v) is 18.9. The van der Waals surface area contributed by atoms with Gasteiger partial charge in [0, 0.05) is 51.4 Å². The number of fused-ring (bicyclic) bond motifs is 16. The molecule has 22 heteroatoms. The number of phenolic OH excluding ortho intramolecular Hbond substituents is 4. The van der Waals surface area contributed by atoms with Gasteiger partial charge in [-0.25, -0.2) is 0 Å². The van der Waals surface area contributed by atoms with Crippen LogP contribution in [-0.4, -0.2) is 108 Å². The molecule has 0 aromatic heterocycles. The molecule has 0 radical (unpaired) electrons. The normalized spacial score (nSPS) is 13.0. The van der Waals surface area contributed by atoms with E-state index in [1.54, 1.807) is 0 Å². The predicted molar refractivity (Wildman–Crippen MR) is 479 cm³/mol. The Balaban J connectivity index is 0.000000223. The van der Waals surface area contributed by atoms with Crippen molar-refractivity contribution in [2.45, 2.75) is 72.8 Å². The molecule has 0 unspecified atom stereocenters. The molecule has 0 aliphatic carbocycles. The van der Waals surface area contributed by atoms with Crippen molar-refractivity contribution in [3.63, 3.8) is 0 Å². The molecule has 0 amide bonds. The second kappa shape index (κ2) is 50.6. The molecule has 620 valence electrons. The summed E-state index contributed by atoms with van der Waals surface area (Å²) in [6.45, 7) is 5.62. The van der Waals surface area contributed by atoms with E-state index in [2.05, 4.69) is 0 Å². The summed E-state index contributed by atoms with van der Waals surface area (Å²) < 4.78 is 48.3. The number of hydrogen-bond donors (Lipinski definition) is 8. The molecule has 12 N–H and O–H groups in total. The minimum atomic E-state index is -0.750. The summed E-state index contributed by atoms with van der Waals surface area (Å²) in [6.07, 6.45) is 5.99. The van der Waals surface area contributed by atoms with E-state index in [1.165, 1.54) is 0 Å². The zero-order valence-electron chi connectivity index (χ0n) is 65.7. The molecule has 0 saturated heterocycles. The van der Waals surface area contributed by atoms with Gasteiger partial charge in [-0.3, -0.25) is 0 Å². The molecule has 8 bridgehead atoms. The molecule has 0 saturated carbocycles. The van der Waals surface area contributed by atoms with Crippen molar-refractivity contribution in [1.82, 2.24) is 0 Å². The van der Waals surface area contributed by atoms with Crippen LogP contribution in [0.15, 0.2) is 267 Å². The second-order valence-corrected chi connectivity index (χ2v) is 31.1. The van der Waals surface area contributed by atoms with Gasteiger partial charge in [-0.15, -0.1) is 0 Å². The van der Waals surface area contributed by atoms with E-state index in [0.29, 0.717) is 104 Å². The van der Waals surface area contributed by atoms with E-state index < -0.39 is 8.59 Å². The lowest BCUT2D eigenvalue weighted by atomic mass is 9.97. The Hall–Kier alpha value is -10.2. The maximum absolute atomic E-state index is 11.4. The number of phenols is 4. The third kappa shape index (κ3) is 29.7. The summed E-state index contributed by atoms with van der Waals surface area (Å²) in [5.41, 5.74) is 34.6. The molecular weight excluding hydrogens is 1610 g/mol. The van der Waals surface area contributed by atoms with Crippen molar-refractivity contribution in [3.05, 3.63) is 356 Å². The molecular formula is C96H102Cl6N4O12. The van der Waals surface area contributed by atoms with Gasteiger partial charge < -0.3 is 81.3 Å². The molecule has 14 rings (SSSR count). The third-order valence-electron chi connectivity index (χ3n) is 18.9. The van der Waals surface area contributed by atoms with Crippen LogP contribution in [0, 0.1) is 0 Å². The highest BCUT2D eigenvalue weighted by atomic mass is 35.6. The van der Waals surface area contributed by atoms with Gasteiger partial charge in [0.05, 0.1) is 0 Å². The van der Waals surface area contributed by atoms with Crippen LogP contribution < -0.4 is 60.8 Å². The van der Waals surface area contributed by atoms with Crippen molar-refractivity contribution in [1.29, 1.82) is 0 Å². The Bertz CT molecular complexity index is 4130. The topological polar surface area (TPSA) is 259 Å². The lowest BCUT2D eigenvalue weighted by Gasteiger charge is -2.17. The summed E-state index contributed by atoms with van der Waals surface area (Å²) in [5, 5.41) is 45.7. The largest absolute Gasteiger partial charge is 0.507 e. The summed E-state index contributed by atoms with van der Waals surface area (Å²) in [4.78, 5) is 0. The highest BCUT2D eigenvalue weighted by Gasteiger charge is 2.20. The first-order valence-corrected chi connectivity index (χ1v) is 41.6. The maximum atomic E-state index is 11.4. The molecule has 2 aliphatic rings. The number of para-hydroxylation sites is 12. The zero-order chi connectivity index (χ0) is 83.6. The van der Waals surface area contributed by atoms with E-state index in [0.717, 1.165) is 174 Å². The average molecular weight is 1720 g/mol. The van der Waals surface area contributed by atoms with Crippen molar-refractivity contribution < 1.29 is 58.3 Å². The Morgan fingerprint density at radius 2 is 0.305 bits per heavy atom. The highest BCUT2D eigenvalue weighted by molar-refractivity contribution is 6.63. The van der Waals surface area contributed by atoms with Gasteiger partial charge in [0.1, 0.15) is 122 Å². The summed E-state index contributed by atoms with van der Waals surface area (Å²) in [7, 11) is 0. The molecule has 0 atom stereocenters. The lowest BCUT2D eigenvalue weighted by Crippen LogP contribution is -2.11. The Morgan fingerprint density at radius 1 is 0.195 bits per heavy atom. The van der Waals surface area contributed by atoms with Gasteiger partial charge in [-0.05, 0) is 177 Å². The van der Waals surface area contributed by atoms with Crippen LogP contribution >= 0.6 is 69.6 Å². The van der Waals surface area contributed by atoms with Crippen molar-refractivity contribution in [3.8, 4) is 69.0 Å². The number of aromatic hydroxyl groups is 4. The lowest BCUT2D eigenvalue weighted by molar-refractivity contribution is 0.215. The van der Waals surface area contributed by atoms with Crippen LogP contribution in [0.2, 0.25) is 0 Å². The van der Waals surface area contributed by atoms with Gasteiger partial charge in [-0.1, -0.05) is 288 Å². The van der Waals surface area contributed by atoms with Crippen molar-refractivity contribution in [2.24, 2.45) is 22.9 Å². The number of halogens is 6. The minimum absolute atomic E-state index is 0.273. The standard InChI is InChI=1S/2C44H40O6.2C3H10N2.2CHCl3/c2*45-43-35-15-9-16-36(43)28-32-12-2-7-21-41(32)49-25-26-50-42-22-8-4-14-34(42)30-38-18-10-17-37(44(38)46)29-33-13-3-6-20-40(33)48-24-23-47-39-19-5-1-11-31(39)27-35;2*4-2-1-3-5;2*2-1(3)4/h2*1-22,45-46H,23-30H2;2*1-5H2;2*1H. The first kappa shape index (κ1) is 91.7. The SMILES string of the molecule is ClC(Cl)Cl.ClC(Cl)Cl.NCCCN.NCCCN.Oc1c2cccc1Cc1ccccc1OCCOc1ccccc1Cc1cccc(c1O)Cc1ccccc1OCCOc1ccccc1C2.Oc1c2cccc1Cc1ccccc1OCCOc1ccccc1Cc1cccc(c1O)Cc1ccccc1OCCOc1ccccc1C2. The molecule has 2 heterocycles. The highest BCUT2D eigenvalue weighted by Crippen LogP contribution is 2.38. The summed E-state index contributed by atoms with van der Waals surface area (Å²) in [5.74, 6) is 7.09. The fourth-order valence-corrected chi connectivity index (χ4v) is 13.1. The van der Waals surface area contributed by atoms with E-state index in [-0.39, 0.29) is 23.0 Å². The maximum Gasteiger partial charge on any atom is 0.180 e. The van der Waals surface area contributed by atoms with Crippen molar-refractivity contribution >= 4 is 69.6 Å². The van der Waals surface area contributed by atoms with E-state index in [9.17, 15) is 20.4 Å². The van der Waals surface area contributed by atoms with E-state index in [4.69, 9.17) is 130 Å². The Morgan fingerprint density at radius 3 is 0.415 bits per heavy atom. The fraction of sp³-hybridized carbons (Fsp3) is 0.250. The first-order valence-electron chi connectivity index (χ1n) is 39.0. The van der Waals surface area contributed by atoms with Gasteiger partial charge in [0.15, 0.2) is 8.59 Å². The Kier molecular flexibility index (Phi) is 39.3. The smallest absolute Gasteiger partial charge is 0.180 e. The number of rotatable bonds is 4. The summed E-state index contributed by atoms with van der Waals surface area (Å²) in [6, 6.07) is 86.8. The minimum Gasteiger partial charge on any atom is -0.507 e. The number of hydrogen-bond acceptors (Lipinski definition) is 16. The van der Waals surface area contributed by atoms with Crippen molar-refractivity contribution in [2.75, 3.05) is 79.0 Å². The average Bonchev–Trinajstić information content (AvgIpc) is 0.833.